The van der Waals surface area contributed by atoms with Crippen LogP contribution in [0.2, 0.25) is 0 Å². The van der Waals surface area contributed by atoms with Gasteiger partial charge in [-0.1, -0.05) is 36.4 Å². The van der Waals surface area contributed by atoms with E-state index in [4.69, 9.17) is 24.9 Å². The molecule has 0 spiro atoms. The van der Waals surface area contributed by atoms with E-state index in [-0.39, 0.29) is 28.7 Å². The van der Waals surface area contributed by atoms with Gasteiger partial charge in [0.2, 0.25) is 5.43 Å². The van der Waals surface area contributed by atoms with Gasteiger partial charge < -0.3 is 30.2 Å². The maximum Gasteiger partial charge on any atom is 0.251 e. The molecule has 1 aliphatic heterocycles. The second-order valence-corrected chi connectivity index (χ2v) is 12.9. The van der Waals surface area contributed by atoms with Gasteiger partial charge in [0.25, 0.3) is 5.91 Å². The van der Waals surface area contributed by atoms with Crippen LogP contribution in [0.4, 0.5) is 5.82 Å². The van der Waals surface area contributed by atoms with Crippen molar-refractivity contribution in [3.05, 3.63) is 148 Å². The van der Waals surface area contributed by atoms with E-state index in [2.05, 4.69) is 26.4 Å². The van der Waals surface area contributed by atoms with Crippen LogP contribution in [-0.4, -0.2) is 48.4 Å². The Labute approximate surface area is 303 Å². The van der Waals surface area contributed by atoms with Crippen molar-refractivity contribution in [2.75, 3.05) is 18.9 Å². The monoisotopic (exact) mass is 706 g/mol. The number of aromatic nitrogens is 6. The highest BCUT2D eigenvalue weighted by molar-refractivity contribution is 5.95. The zero-order chi connectivity index (χ0) is 35.9. The van der Waals surface area contributed by atoms with E-state index in [1.54, 1.807) is 53.6 Å². The number of nitrogen functional groups attached to an aromatic ring is 1. The van der Waals surface area contributed by atoms with Gasteiger partial charge in [-0.3, -0.25) is 14.2 Å². The van der Waals surface area contributed by atoms with Crippen LogP contribution in [0.3, 0.4) is 0 Å². The van der Waals surface area contributed by atoms with Crippen molar-refractivity contribution in [3.8, 4) is 28.6 Å². The Balaban J connectivity index is 1.03. The number of H-pyrrole nitrogens is 1. The Kier molecular flexibility index (Phi) is 8.25. The smallest absolute Gasteiger partial charge is 0.251 e. The molecule has 1 aliphatic carbocycles. The summed E-state index contributed by atoms with van der Waals surface area (Å²) in [5.74, 6) is 1.65. The minimum Gasteiger partial charge on any atom is -0.488 e. The van der Waals surface area contributed by atoms with Crippen molar-refractivity contribution < 1.29 is 19.0 Å². The summed E-state index contributed by atoms with van der Waals surface area (Å²) in [7, 11) is 0. The number of aromatic amines is 1. The van der Waals surface area contributed by atoms with E-state index in [0.717, 1.165) is 35.2 Å². The van der Waals surface area contributed by atoms with Gasteiger partial charge in [0.05, 0.1) is 30.4 Å². The number of amides is 1. The van der Waals surface area contributed by atoms with Gasteiger partial charge in [-0.25, -0.2) is 14.6 Å². The Morgan fingerprint density at radius 3 is 2.64 bits per heavy atom. The first kappa shape index (κ1) is 32.3. The highest BCUT2D eigenvalue weighted by Crippen LogP contribution is 2.37. The third-order valence-electron chi connectivity index (χ3n) is 9.61. The average Bonchev–Trinajstić information content (AvgIpc) is 4.02. The van der Waals surface area contributed by atoms with Crippen LogP contribution in [0.15, 0.2) is 114 Å². The zero-order valence-electron chi connectivity index (χ0n) is 28.4. The predicted octanol–water partition coefficient (Wildman–Crippen LogP) is 5.59. The Bertz CT molecular complexity index is 2520. The van der Waals surface area contributed by atoms with Gasteiger partial charge in [0, 0.05) is 35.9 Å². The number of nitrogens with one attached hydrogen (secondary N) is 2. The molecule has 0 bridgehead atoms. The maximum absolute atomic E-state index is 13.8. The number of hydrogen-bond donors (Lipinski definition) is 3. The lowest BCUT2D eigenvalue weighted by atomic mass is 10.1. The molecule has 9 rings (SSSR count). The second kappa shape index (κ2) is 13.5. The number of rotatable bonds is 9. The third-order valence-corrected chi connectivity index (χ3v) is 9.61. The number of anilines is 1. The molecule has 1 atom stereocenters. The standard InChI is InChI=1S/C40H34N8O5/c41-36-29(8-4-15-42-36)37-46-35-32(49)22-34(47-17-5-16-43-47)45-38(35)48(37)27-11-12-28-25(20-27)9-13-31(28)44-39(50)26-10-14-33(30(21-26)40-51-18-19-52-40)53-23-24-6-2-1-3-7-24/h1-8,10-12,14-17,20-22,31,40H,9,13,18-19,23H2,(H2,41,42)(H,44,50)(H,45,49)/t31-/m0/s1. The van der Waals surface area contributed by atoms with E-state index >= 15 is 0 Å². The summed E-state index contributed by atoms with van der Waals surface area (Å²) in [5.41, 5.74) is 12.5. The van der Waals surface area contributed by atoms with Crippen molar-refractivity contribution in [2.24, 2.45) is 0 Å². The lowest BCUT2D eigenvalue weighted by molar-refractivity contribution is -0.0459. The molecule has 264 valence electrons. The van der Waals surface area contributed by atoms with Crippen molar-refractivity contribution in [1.82, 2.24) is 34.6 Å². The molecular weight excluding hydrogens is 672 g/mol. The van der Waals surface area contributed by atoms with E-state index in [1.807, 2.05) is 53.1 Å². The summed E-state index contributed by atoms with van der Waals surface area (Å²) in [6.07, 6.45) is 5.86. The fourth-order valence-corrected chi connectivity index (χ4v) is 7.04. The van der Waals surface area contributed by atoms with E-state index in [9.17, 15) is 9.59 Å². The number of nitrogens with zero attached hydrogens (tertiary/aromatic N) is 5. The molecule has 3 aromatic carbocycles. The molecular formula is C40H34N8O5. The molecule has 13 nitrogen and oxygen atoms in total. The summed E-state index contributed by atoms with van der Waals surface area (Å²) < 4.78 is 21.3. The zero-order valence-corrected chi connectivity index (χ0v) is 28.4. The largest absolute Gasteiger partial charge is 0.488 e. The fourth-order valence-electron chi connectivity index (χ4n) is 7.04. The minimum atomic E-state index is -0.615. The predicted molar refractivity (Wildman–Crippen MR) is 197 cm³/mol. The highest BCUT2D eigenvalue weighted by Gasteiger charge is 2.28. The van der Waals surface area contributed by atoms with Crippen molar-refractivity contribution in [1.29, 1.82) is 0 Å². The van der Waals surface area contributed by atoms with Crippen LogP contribution in [0.5, 0.6) is 5.75 Å². The number of fused-ring (bicyclic) bond motifs is 2. The van der Waals surface area contributed by atoms with Crippen LogP contribution in [0, 0.1) is 0 Å². The first-order valence-electron chi connectivity index (χ1n) is 17.3. The van der Waals surface area contributed by atoms with Gasteiger partial charge in [-0.2, -0.15) is 5.10 Å². The SMILES string of the molecule is Nc1ncccc1-c1nc2c(=O)cc(-n3cccn3)[nH]c2n1-c1ccc2c(c1)CC[C@@H]2NC(=O)c1ccc(OCc2ccccc2)c(C2OCCO2)c1. The number of aryl methyl sites for hydroxylation is 1. The second-order valence-electron chi connectivity index (χ2n) is 12.9. The van der Waals surface area contributed by atoms with Crippen molar-refractivity contribution in [3.63, 3.8) is 0 Å². The first-order chi connectivity index (χ1) is 26.0. The van der Waals surface area contributed by atoms with E-state index < -0.39 is 6.29 Å². The summed E-state index contributed by atoms with van der Waals surface area (Å²) in [4.78, 5) is 39.6. The molecule has 1 saturated heterocycles. The molecule has 53 heavy (non-hydrogen) atoms. The molecule has 2 aliphatic rings. The highest BCUT2D eigenvalue weighted by atomic mass is 16.7. The van der Waals surface area contributed by atoms with Gasteiger partial charge in [0.1, 0.15) is 29.6 Å². The molecule has 0 unspecified atom stereocenters. The summed E-state index contributed by atoms with van der Waals surface area (Å²) in [5, 5.41) is 7.54. The molecule has 1 fully saturated rings. The number of imidazole rings is 1. The lowest BCUT2D eigenvalue weighted by Crippen LogP contribution is -2.27. The molecule has 4 aromatic heterocycles. The van der Waals surface area contributed by atoms with Crippen LogP contribution in [0.25, 0.3) is 34.1 Å². The van der Waals surface area contributed by atoms with Crippen LogP contribution < -0.4 is 21.2 Å². The molecule has 7 aromatic rings. The number of nitrogens with two attached hydrogens (primary N) is 1. The maximum atomic E-state index is 13.8. The number of hydrogen-bond acceptors (Lipinski definition) is 9. The molecule has 1 amide bonds. The molecule has 0 radical (unpaired) electrons. The van der Waals surface area contributed by atoms with Crippen LogP contribution in [-0.2, 0) is 22.5 Å². The van der Waals surface area contributed by atoms with E-state index in [0.29, 0.717) is 59.5 Å². The molecule has 13 heteroatoms. The quantitative estimate of drug-likeness (QED) is 0.174. The van der Waals surface area contributed by atoms with Gasteiger partial charge >= 0.3 is 0 Å². The normalized spacial score (nSPS) is 15.5. The number of carbonyl (C=O) groups is 1. The summed E-state index contributed by atoms with van der Waals surface area (Å²) in [6, 6.07) is 28.0. The van der Waals surface area contributed by atoms with Crippen molar-refractivity contribution in [2.45, 2.75) is 31.8 Å². The number of carbonyl (C=O) groups excluding carboxylic acids is 1. The van der Waals surface area contributed by atoms with E-state index in [1.165, 1.54) is 6.07 Å². The van der Waals surface area contributed by atoms with Crippen molar-refractivity contribution >= 4 is 22.9 Å². The number of benzene rings is 3. The average molecular weight is 707 g/mol. The number of ether oxygens (including phenoxy) is 3. The fraction of sp³-hybridized carbons (Fsp3) is 0.175. The molecule has 5 heterocycles. The molecule has 0 saturated carbocycles. The van der Waals surface area contributed by atoms with Gasteiger partial charge in [0.15, 0.2) is 17.6 Å². The molecule has 4 N–H and O–H groups in total. The summed E-state index contributed by atoms with van der Waals surface area (Å²) in [6.45, 7) is 1.31. The Morgan fingerprint density at radius 2 is 1.83 bits per heavy atom. The Hall–Kier alpha value is -6.57. The summed E-state index contributed by atoms with van der Waals surface area (Å²) >= 11 is 0. The van der Waals surface area contributed by atoms with Crippen LogP contribution in [0.1, 0.15) is 51.4 Å². The minimum absolute atomic E-state index is 0.206. The van der Waals surface area contributed by atoms with Gasteiger partial charge in [-0.15, -0.1) is 0 Å². The van der Waals surface area contributed by atoms with Gasteiger partial charge in [-0.05, 0) is 78.1 Å². The topological polar surface area (TPSA) is 164 Å². The Morgan fingerprint density at radius 1 is 0.962 bits per heavy atom. The van der Waals surface area contributed by atoms with Crippen LogP contribution >= 0.6 is 0 Å². The third kappa shape index (κ3) is 6.11. The number of pyridine rings is 2. The lowest BCUT2D eigenvalue weighted by Gasteiger charge is -2.19. The first-order valence-corrected chi connectivity index (χ1v) is 17.3.